The van der Waals surface area contributed by atoms with Crippen molar-refractivity contribution >= 4 is 22.6 Å². The van der Waals surface area contributed by atoms with Crippen LogP contribution in [0.3, 0.4) is 0 Å². The first-order chi connectivity index (χ1) is 9.42. The summed E-state index contributed by atoms with van der Waals surface area (Å²) in [6.07, 6.45) is 3.11. The van der Waals surface area contributed by atoms with E-state index in [1.165, 1.54) is 10.6 Å². The highest BCUT2D eigenvalue weighted by atomic mass is 32.2. The maximum atomic E-state index is 11.2. The second kappa shape index (κ2) is 6.13. The summed E-state index contributed by atoms with van der Waals surface area (Å²) in [4.78, 5) is 16.1. The molecule has 0 saturated carbocycles. The molecule has 3 heteroatoms. The molecule has 2 rings (SSSR count). The van der Waals surface area contributed by atoms with Gasteiger partial charge in [0.15, 0.2) is 5.78 Å². The number of rotatable bonds is 5. The monoisotopic (exact) mass is 289 g/mol. The normalized spacial score (nSPS) is 20.8. The van der Waals surface area contributed by atoms with Crippen LogP contribution < -0.4 is 0 Å². The van der Waals surface area contributed by atoms with Gasteiger partial charge in [-0.3, -0.25) is 9.79 Å². The van der Waals surface area contributed by atoms with Gasteiger partial charge in [0.2, 0.25) is 0 Å². The van der Waals surface area contributed by atoms with Crippen LogP contribution in [0.15, 0.2) is 29.3 Å². The van der Waals surface area contributed by atoms with E-state index in [1.54, 1.807) is 6.92 Å². The summed E-state index contributed by atoms with van der Waals surface area (Å²) in [7, 11) is 0. The second-order valence-electron chi connectivity index (χ2n) is 5.91. The Balaban J connectivity index is 1.94. The van der Waals surface area contributed by atoms with Crippen molar-refractivity contribution in [1.29, 1.82) is 0 Å². The van der Waals surface area contributed by atoms with Crippen LogP contribution in [0.25, 0.3) is 0 Å². The fraction of sp³-hybridized carbons (Fsp3) is 0.529. The molecule has 1 atom stereocenters. The lowest BCUT2D eigenvalue weighted by atomic mass is 10.0. The number of Topliss-reactive ketones (excluding diaryl/α,β-unsaturated/α-hetero) is 1. The molecule has 1 heterocycles. The van der Waals surface area contributed by atoms with E-state index in [1.807, 2.05) is 23.9 Å². The maximum Gasteiger partial charge on any atom is 0.159 e. The van der Waals surface area contributed by atoms with Gasteiger partial charge in [-0.15, -0.1) is 11.8 Å². The Morgan fingerprint density at radius 2 is 1.90 bits per heavy atom. The van der Waals surface area contributed by atoms with Crippen LogP contribution in [0.4, 0.5) is 0 Å². The van der Waals surface area contributed by atoms with Crippen molar-refractivity contribution in [3.05, 3.63) is 35.4 Å². The molecule has 1 unspecified atom stereocenters. The maximum absolute atomic E-state index is 11.2. The van der Waals surface area contributed by atoms with Crippen molar-refractivity contribution in [1.82, 2.24) is 0 Å². The Morgan fingerprint density at radius 1 is 1.25 bits per heavy atom. The lowest BCUT2D eigenvalue weighted by molar-refractivity contribution is 0.101. The molecule has 1 aliphatic heterocycles. The summed E-state index contributed by atoms with van der Waals surface area (Å²) in [5.74, 6) is 0.125. The molecule has 0 aliphatic carbocycles. The molecule has 108 valence electrons. The van der Waals surface area contributed by atoms with Gasteiger partial charge in [-0.2, -0.15) is 0 Å². The summed E-state index contributed by atoms with van der Waals surface area (Å²) >= 11 is 1.92. The Labute approximate surface area is 126 Å². The van der Waals surface area contributed by atoms with Gasteiger partial charge < -0.3 is 0 Å². The zero-order valence-corrected chi connectivity index (χ0v) is 13.6. The van der Waals surface area contributed by atoms with Crippen molar-refractivity contribution in [2.75, 3.05) is 0 Å². The molecular weight excluding hydrogens is 266 g/mol. The predicted molar refractivity (Wildman–Crippen MR) is 88.0 cm³/mol. The molecule has 0 fully saturated rings. The topological polar surface area (TPSA) is 29.4 Å². The minimum Gasteiger partial charge on any atom is -0.295 e. The summed E-state index contributed by atoms with van der Waals surface area (Å²) in [6, 6.07) is 8.39. The third-order valence-electron chi connectivity index (χ3n) is 3.86. The molecule has 20 heavy (non-hydrogen) atoms. The van der Waals surface area contributed by atoms with Crippen LogP contribution in [-0.2, 0) is 6.42 Å². The third-order valence-corrected chi connectivity index (χ3v) is 5.20. The van der Waals surface area contributed by atoms with Crippen molar-refractivity contribution in [2.45, 2.75) is 57.7 Å². The van der Waals surface area contributed by atoms with Gasteiger partial charge in [0, 0.05) is 10.3 Å². The van der Waals surface area contributed by atoms with Gasteiger partial charge in [-0.1, -0.05) is 31.2 Å². The van der Waals surface area contributed by atoms with Crippen LogP contribution in [-0.4, -0.2) is 21.6 Å². The summed E-state index contributed by atoms with van der Waals surface area (Å²) < 4.78 is 0.239. The number of aryl methyl sites for hydroxylation is 1. The lowest BCUT2D eigenvalue weighted by Gasteiger charge is -2.22. The van der Waals surface area contributed by atoms with Gasteiger partial charge in [0.1, 0.15) is 0 Å². The zero-order chi connectivity index (χ0) is 14.8. The van der Waals surface area contributed by atoms with Gasteiger partial charge in [-0.05, 0) is 45.6 Å². The van der Waals surface area contributed by atoms with E-state index in [0.29, 0.717) is 6.04 Å². The van der Waals surface area contributed by atoms with Crippen molar-refractivity contribution in [2.24, 2.45) is 4.99 Å². The number of hydrogen-bond acceptors (Lipinski definition) is 3. The summed E-state index contributed by atoms with van der Waals surface area (Å²) in [5, 5.41) is 1.28. The van der Waals surface area contributed by atoms with Crippen LogP contribution >= 0.6 is 11.8 Å². The molecule has 1 aliphatic rings. The van der Waals surface area contributed by atoms with E-state index in [-0.39, 0.29) is 10.5 Å². The van der Waals surface area contributed by atoms with E-state index in [9.17, 15) is 4.79 Å². The fourth-order valence-corrected chi connectivity index (χ4v) is 3.93. The molecule has 1 aromatic carbocycles. The molecule has 0 saturated heterocycles. The van der Waals surface area contributed by atoms with Crippen molar-refractivity contribution in [3.63, 3.8) is 0 Å². The molecule has 0 amide bonds. The van der Waals surface area contributed by atoms with Crippen LogP contribution in [0.5, 0.6) is 0 Å². The Hall–Kier alpha value is -1.09. The zero-order valence-electron chi connectivity index (χ0n) is 12.8. The SMILES string of the molecule is CCC1N=C(CCc2ccc(C(C)=O)cc2)SC1(C)C. The van der Waals surface area contributed by atoms with E-state index in [0.717, 1.165) is 24.8 Å². The molecule has 0 radical (unpaired) electrons. The highest BCUT2D eigenvalue weighted by Gasteiger charge is 2.35. The van der Waals surface area contributed by atoms with E-state index >= 15 is 0 Å². The highest BCUT2D eigenvalue weighted by Crippen LogP contribution is 2.40. The first-order valence-corrected chi connectivity index (χ1v) is 8.09. The quantitative estimate of drug-likeness (QED) is 0.746. The summed E-state index contributed by atoms with van der Waals surface area (Å²) in [5.41, 5.74) is 2.06. The Morgan fingerprint density at radius 3 is 2.40 bits per heavy atom. The minimum atomic E-state index is 0.125. The van der Waals surface area contributed by atoms with E-state index in [4.69, 9.17) is 4.99 Å². The number of ketones is 1. The molecule has 1 aromatic rings. The fourth-order valence-electron chi connectivity index (χ4n) is 2.58. The van der Waals surface area contributed by atoms with Crippen molar-refractivity contribution < 1.29 is 4.79 Å². The lowest BCUT2D eigenvalue weighted by Crippen LogP contribution is -2.26. The van der Waals surface area contributed by atoms with Crippen LogP contribution in [0.2, 0.25) is 0 Å². The second-order valence-corrected chi connectivity index (χ2v) is 7.63. The number of carbonyl (C=O) groups excluding carboxylic acids is 1. The van der Waals surface area contributed by atoms with Crippen LogP contribution in [0, 0.1) is 0 Å². The van der Waals surface area contributed by atoms with Gasteiger partial charge in [0.05, 0.1) is 11.1 Å². The largest absolute Gasteiger partial charge is 0.295 e. The molecular formula is C17H23NOS. The molecule has 0 spiro atoms. The predicted octanol–water partition coefficient (Wildman–Crippen LogP) is 4.52. The van der Waals surface area contributed by atoms with E-state index in [2.05, 4.69) is 32.9 Å². The number of carbonyl (C=O) groups is 1. The number of hydrogen-bond donors (Lipinski definition) is 0. The van der Waals surface area contributed by atoms with Gasteiger partial charge in [0.25, 0.3) is 0 Å². The minimum absolute atomic E-state index is 0.125. The van der Waals surface area contributed by atoms with Gasteiger partial charge in [-0.25, -0.2) is 0 Å². The standard InChI is InChI=1S/C17H23NOS/c1-5-15-17(3,4)20-16(18-15)11-8-13-6-9-14(10-7-13)12(2)19/h6-7,9-10,15H,5,8,11H2,1-4H3. The number of thioether (sulfide) groups is 1. The number of nitrogens with zero attached hydrogens (tertiary/aromatic N) is 1. The van der Waals surface area contributed by atoms with Crippen LogP contribution in [0.1, 0.15) is 56.5 Å². The van der Waals surface area contributed by atoms with E-state index < -0.39 is 0 Å². The smallest absolute Gasteiger partial charge is 0.159 e. The first kappa shape index (κ1) is 15.3. The average molecular weight is 289 g/mol. The molecule has 2 nitrogen and oxygen atoms in total. The number of benzene rings is 1. The molecule has 0 aromatic heterocycles. The van der Waals surface area contributed by atoms with Gasteiger partial charge >= 0.3 is 0 Å². The average Bonchev–Trinajstić information content (AvgIpc) is 2.71. The third kappa shape index (κ3) is 3.51. The highest BCUT2D eigenvalue weighted by molar-refractivity contribution is 8.15. The Kier molecular flexibility index (Phi) is 4.69. The number of aliphatic imine (C=N–C) groups is 1. The molecule has 0 bridgehead atoms. The molecule has 0 N–H and O–H groups in total. The summed E-state index contributed by atoms with van der Waals surface area (Å²) in [6.45, 7) is 8.37. The Bertz CT molecular complexity index is 516. The first-order valence-electron chi connectivity index (χ1n) is 7.28. The van der Waals surface area contributed by atoms with Crippen molar-refractivity contribution in [3.8, 4) is 0 Å².